The van der Waals surface area contributed by atoms with Gasteiger partial charge in [-0.3, -0.25) is 4.79 Å². The monoisotopic (exact) mass is 496 g/mol. The number of halogens is 1. The molecule has 9 heteroatoms. The van der Waals surface area contributed by atoms with Crippen molar-refractivity contribution in [3.8, 4) is 45.6 Å². The van der Waals surface area contributed by atoms with Crippen molar-refractivity contribution in [2.45, 2.75) is 6.61 Å². The summed E-state index contributed by atoms with van der Waals surface area (Å²) in [7, 11) is 4.50. The predicted molar refractivity (Wildman–Crippen MR) is 129 cm³/mol. The average Bonchev–Trinajstić information content (AvgIpc) is 3.37. The molecule has 0 spiro atoms. The van der Waals surface area contributed by atoms with Gasteiger partial charge in [-0.1, -0.05) is 23.7 Å². The highest BCUT2D eigenvalue weighted by atomic mass is 35.5. The van der Waals surface area contributed by atoms with Gasteiger partial charge in [0.2, 0.25) is 23.7 Å². The fourth-order valence-corrected chi connectivity index (χ4v) is 4.03. The Morgan fingerprint density at radius 2 is 1.60 bits per heavy atom. The zero-order chi connectivity index (χ0) is 24.5. The Hall–Kier alpha value is -4.04. The molecule has 0 fully saturated rings. The maximum atomic E-state index is 13.6. The van der Waals surface area contributed by atoms with Crippen LogP contribution in [0.25, 0.3) is 22.1 Å². The summed E-state index contributed by atoms with van der Waals surface area (Å²) in [5.41, 5.74) is 1.71. The molecule has 0 saturated heterocycles. The summed E-state index contributed by atoms with van der Waals surface area (Å²) >= 11 is 5.95. The summed E-state index contributed by atoms with van der Waals surface area (Å²) < 4.78 is 39.3. The second kappa shape index (κ2) is 9.31. The van der Waals surface area contributed by atoms with Crippen LogP contribution in [0.1, 0.15) is 5.56 Å². The van der Waals surface area contributed by atoms with Crippen molar-refractivity contribution in [2.75, 3.05) is 28.1 Å². The largest absolute Gasteiger partial charge is 0.493 e. The van der Waals surface area contributed by atoms with Gasteiger partial charge in [-0.15, -0.1) is 0 Å². The molecule has 1 aliphatic heterocycles. The molecule has 1 aromatic heterocycles. The summed E-state index contributed by atoms with van der Waals surface area (Å²) in [6, 6.07) is 12.2. The summed E-state index contributed by atoms with van der Waals surface area (Å²) in [5, 5.41) is 0.961. The highest BCUT2D eigenvalue weighted by Gasteiger charge is 2.29. The third-order valence-electron chi connectivity index (χ3n) is 5.64. The molecule has 0 amide bonds. The van der Waals surface area contributed by atoms with E-state index in [2.05, 4.69) is 0 Å². The van der Waals surface area contributed by atoms with Crippen molar-refractivity contribution in [3.05, 3.63) is 69.5 Å². The van der Waals surface area contributed by atoms with E-state index in [-0.39, 0.29) is 24.4 Å². The van der Waals surface area contributed by atoms with E-state index in [1.807, 2.05) is 12.1 Å². The normalized spacial score (nSPS) is 12.0. The number of fused-ring (bicyclic) bond motifs is 2. The molecule has 0 saturated carbocycles. The topological polar surface area (TPSA) is 85.6 Å². The molecule has 0 N–H and O–H groups in total. The Morgan fingerprint density at radius 3 is 2.31 bits per heavy atom. The standard InChI is InChI=1S/C26H21ClO8/c1-29-20-9-17-19(10-21(20)32-11-14-4-6-15(27)7-5-14)33-12-18(23(17)28)16-8-22(30-2)25-26(24(16)31-3)35-13-34-25/h4-10,12H,11,13H2,1-3H3. The van der Waals surface area contributed by atoms with Crippen LogP contribution in [0.3, 0.4) is 0 Å². The Kier molecular flexibility index (Phi) is 6.05. The molecule has 0 aliphatic carbocycles. The fraction of sp³-hybridized carbons (Fsp3) is 0.192. The average molecular weight is 497 g/mol. The third-order valence-corrected chi connectivity index (χ3v) is 5.90. The second-order valence-corrected chi connectivity index (χ2v) is 8.05. The number of benzene rings is 3. The van der Waals surface area contributed by atoms with Gasteiger partial charge < -0.3 is 32.8 Å². The zero-order valence-corrected chi connectivity index (χ0v) is 19.9. The lowest BCUT2D eigenvalue weighted by atomic mass is 10.0. The SMILES string of the molecule is COc1cc2c(=O)c(-c3cc(OC)c4c(c3OC)OCO4)coc2cc1OCc1ccc(Cl)cc1. The van der Waals surface area contributed by atoms with Crippen molar-refractivity contribution in [2.24, 2.45) is 0 Å². The second-order valence-electron chi connectivity index (χ2n) is 7.62. The van der Waals surface area contributed by atoms with Crippen molar-refractivity contribution in [3.63, 3.8) is 0 Å². The molecule has 5 rings (SSSR count). The Morgan fingerprint density at radius 1 is 0.857 bits per heavy atom. The molecular formula is C26H21ClO8. The van der Waals surface area contributed by atoms with Gasteiger partial charge in [0.25, 0.3) is 0 Å². The van der Waals surface area contributed by atoms with E-state index < -0.39 is 0 Å². The maximum Gasteiger partial charge on any atom is 0.231 e. The molecule has 0 unspecified atom stereocenters. The van der Waals surface area contributed by atoms with Gasteiger partial charge in [0.05, 0.1) is 32.3 Å². The van der Waals surface area contributed by atoms with E-state index in [4.69, 9.17) is 44.4 Å². The summed E-state index contributed by atoms with van der Waals surface area (Å²) in [6.07, 6.45) is 1.37. The van der Waals surface area contributed by atoms with E-state index in [9.17, 15) is 4.79 Å². The molecule has 4 aromatic rings. The molecule has 2 heterocycles. The zero-order valence-electron chi connectivity index (χ0n) is 19.2. The smallest absolute Gasteiger partial charge is 0.231 e. The van der Waals surface area contributed by atoms with E-state index in [0.717, 1.165) is 5.56 Å². The van der Waals surface area contributed by atoms with Crippen LogP contribution >= 0.6 is 11.6 Å². The minimum absolute atomic E-state index is 0.0217. The van der Waals surface area contributed by atoms with Gasteiger partial charge in [0, 0.05) is 16.7 Å². The first kappa shape index (κ1) is 22.7. The van der Waals surface area contributed by atoms with E-state index >= 15 is 0 Å². The molecule has 35 heavy (non-hydrogen) atoms. The molecule has 180 valence electrons. The first-order valence-electron chi connectivity index (χ1n) is 10.6. The molecule has 0 bridgehead atoms. The van der Waals surface area contributed by atoms with Gasteiger partial charge in [0.15, 0.2) is 23.0 Å². The summed E-state index contributed by atoms with van der Waals surface area (Å²) in [4.78, 5) is 13.6. The van der Waals surface area contributed by atoms with E-state index in [1.165, 1.54) is 27.6 Å². The first-order chi connectivity index (χ1) is 17.0. The maximum absolute atomic E-state index is 13.6. The number of hydrogen-bond donors (Lipinski definition) is 0. The number of rotatable bonds is 7. The lowest BCUT2D eigenvalue weighted by Crippen LogP contribution is -2.07. The van der Waals surface area contributed by atoms with E-state index in [0.29, 0.717) is 56.1 Å². The van der Waals surface area contributed by atoms with E-state index in [1.54, 1.807) is 30.3 Å². The predicted octanol–water partition coefficient (Wildman–Crippen LogP) is 5.45. The van der Waals surface area contributed by atoms with Crippen LogP contribution in [0.5, 0.6) is 34.5 Å². The number of hydrogen-bond acceptors (Lipinski definition) is 8. The third kappa shape index (κ3) is 4.06. The highest BCUT2D eigenvalue weighted by Crippen LogP contribution is 2.52. The van der Waals surface area contributed by atoms with Crippen LogP contribution in [-0.4, -0.2) is 28.1 Å². The molecule has 3 aromatic carbocycles. The molecule has 0 radical (unpaired) electrons. The van der Waals surface area contributed by atoms with Crippen molar-refractivity contribution in [1.82, 2.24) is 0 Å². The molecule has 1 aliphatic rings. The van der Waals surface area contributed by atoms with Gasteiger partial charge >= 0.3 is 0 Å². The van der Waals surface area contributed by atoms with Crippen molar-refractivity contribution < 1.29 is 32.8 Å². The van der Waals surface area contributed by atoms with Crippen molar-refractivity contribution in [1.29, 1.82) is 0 Å². The highest BCUT2D eigenvalue weighted by molar-refractivity contribution is 6.30. The molecule has 8 nitrogen and oxygen atoms in total. The number of ether oxygens (including phenoxy) is 6. The van der Waals surface area contributed by atoms with Gasteiger partial charge in [-0.25, -0.2) is 0 Å². The Balaban J connectivity index is 1.58. The number of methoxy groups -OCH3 is 3. The first-order valence-corrected chi connectivity index (χ1v) is 11.0. The van der Waals surface area contributed by atoms with Crippen LogP contribution in [0.4, 0.5) is 0 Å². The van der Waals surface area contributed by atoms with Crippen LogP contribution < -0.4 is 33.8 Å². The Labute approximate surface area is 205 Å². The van der Waals surface area contributed by atoms with Gasteiger partial charge in [-0.2, -0.15) is 0 Å². The van der Waals surface area contributed by atoms with Crippen LogP contribution in [0.2, 0.25) is 5.02 Å². The van der Waals surface area contributed by atoms with Crippen molar-refractivity contribution >= 4 is 22.6 Å². The summed E-state index contributed by atoms with van der Waals surface area (Å²) in [5.74, 6) is 2.38. The van der Waals surface area contributed by atoms with Gasteiger partial charge in [0.1, 0.15) is 18.5 Å². The van der Waals surface area contributed by atoms with Gasteiger partial charge in [-0.05, 0) is 29.8 Å². The van der Waals surface area contributed by atoms with Crippen LogP contribution in [0.15, 0.2) is 57.9 Å². The minimum atomic E-state index is -0.284. The van der Waals surface area contributed by atoms with Crippen LogP contribution in [-0.2, 0) is 6.61 Å². The lowest BCUT2D eigenvalue weighted by Gasteiger charge is -2.15. The summed E-state index contributed by atoms with van der Waals surface area (Å²) in [6.45, 7) is 0.309. The fourth-order valence-electron chi connectivity index (χ4n) is 3.91. The quantitative estimate of drug-likeness (QED) is 0.334. The Bertz CT molecular complexity index is 1460. The minimum Gasteiger partial charge on any atom is -0.493 e. The van der Waals surface area contributed by atoms with Crippen LogP contribution in [0, 0.1) is 0 Å². The molecular weight excluding hydrogens is 476 g/mol. The lowest BCUT2D eigenvalue weighted by molar-refractivity contribution is 0.168. The molecule has 0 atom stereocenters.